The topological polar surface area (TPSA) is 89.0 Å². The summed E-state index contributed by atoms with van der Waals surface area (Å²) in [4.78, 5) is 29.8. The average molecular weight is 634 g/mol. The Bertz CT molecular complexity index is 1330. The molecule has 36 heavy (non-hydrogen) atoms. The van der Waals surface area contributed by atoms with Crippen LogP contribution in [-0.4, -0.2) is 30.2 Å². The van der Waals surface area contributed by atoms with Gasteiger partial charge in [0.05, 0.1) is 20.8 Å². The molecular weight excluding hydrogens is 613 g/mol. The highest BCUT2D eigenvalue weighted by Crippen LogP contribution is 2.36. The molecule has 1 fully saturated rings. The molecule has 0 aliphatic carbocycles. The summed E-state index contributed by atoms with van der Waals surface area (Å²) in [6, 6.07) is 19.9. The van der Waals surface area contributed by atoms with Crippen molar-refractivity contribution in [2.45, 2.75) is 6.92 Å². The monoisotopic (exact) mass is 633 g/mol. The van der Waals surface area contributed by atoms with Crippen LogP contribution in [0.2, 0.25) is 5.02 Å². The van der Waals surface area contributed by atoms with Crippen molar-refractivity contribution in [3.8, 4) is 11.5 Å². The van der Waals surface area contributed by atoms with Crippen molar-refractivity contribution < 1.29 is 19.1 Å². The zero-order valence-corrected chi connectivity index (χ0v) is 22.8. The van der Waals surface area contributed by atoms with E-state index in [1.165, 1.54) is 11.8 Å². The lowest BCUT2D eigenvalue weighted by atomic mass is 10.2. The second kappa shape index (κ2) is 12.3. The summed E-state index contributed by atoms with van der Waals surface area (Å²) >= 11 is 9.29. The predicted molar refractivity (Wildman–Crippen MR) is 153 cm³/mol. The SMILES string of the molecule is CCOc1cc(/C=C2\SC(=Nc3ccc(Cl)cc3)NC2=O)cc(I)c1OCC(=O)Nc1ccccc1. The van der Waals surface area contributed by atoms with Gasteiger partial charge in [0.2, 0.25) is 0 Å². The van der Waals surface area contributed by atoms with Gasteiger partial charge in [-0.15, -0.1) is 0 Å². The fourth-order valence-corrected chi connectivity index (χ4v) is 4.94. The van der Waals surface area contributed by atoms with Gasteiger partial charge in [-0.2, -0.15) is 0 Å². The Labute approximate surface area is 231 Å². The van der Waals surface area contributed by atoms with Crippen molar-refractivity contribution >= 4 is 80.4 Å². The van der Waals surface area contributed by atoms with Crippen LogP contribution in [0.15, 0.2) is 76.6 Å². The average Bonchev–Trinajstić information content (AvgIpc) is 3.19. The van der Waals surface area contributed by atoms with Crippen molar-refractivity contribution in [1.29, 1.82) is 0 Å². The smallest absolute Gasteiger partial charge is 0.264 e. The number of rotatable bonds is 8. The first-order chi connectivity index (χ1) is 17.4. The van der Waals surface area contributed by atoms with Gasteiger partial charge in [0.25, 0.3) is 11.8 Å². The summed E-state index contributed by atoms with van der Waals surface area (Å²) in [7, 11) is 0. The van der Waals surface area contributed by atoms with Crippen LogP contribution in [0.25, 0.3) is 6.08 Å². The second-order valence-electron chi connectivity index (χ2n) is 7.42. The van der Waals surface area contributed by atoms with Crippen LogP contribution in [0.5, 0.6) is 11.5 Å². The number of hydrogen-bond acceptors (Lipinski definition) is 6. The largest absolute Gasteiger partial charge is 0.490 e. The summed E-state index contributed by atoms with van der Waals surface area (Å²) in [5, 5.41) is 6.67. The van der Waals surface area contributed by atoms with Gasteiger partial charge in [-0.25, -0.2) is 4.99 Å². The van der Waals surface area contributed by atoms with E-state index in [0.29, 0.717) is 44.6 Å². The van der Waals surface area contributed by atoms with Crippen LogP contribution in [0.1, 0.15) is 12.5 Å². The van der Waals surface area contributed by atoms with Crippen LogP contribution >= 0.6 is 46.0 Å². The number of amidine groups is 1. The van der Waals surface area contributed by atoms with E-state index in [0.717, 1.165) is 9.13 Å². The number of hydrogen-bond donors (Lipinski definition) is 2. The number of carbonyl (C=O) groups is 2. The van der Waals surface area contributed by atoms with Crippen LogP contribution in [0, 0.1) is 3.57 Å². The molecule has 0 unspecified atom stereocenters. The summed E-state index contributed by atoms with van der Waals surface area (Å²) in [6.45, 7) is 2.10. The number of anilines is 1. The van der Waals surface area contributed by atoms with Gasteiger partial charge in [-0.3, -0.25) is 9.59 Å². The number of nitrogens with zero attached hydrogens (tertiary/aromatic N) is 1. The van der Waals surface area contributed by atoms with Crippen LogP contribution in [0.3, 0.4) is 0 Å². The molecule has 3 aromatic carbocycles. The van der Waals surface area contributed by atoms with Crippen molar-refractivity contribution in [1.82, 2.24) is 5.32 Å². The number of nitrogens with one attached hydrogen (secondary N) is 2. The third-order valence-corrected chi connectivity index (χ3v) is 6.71. The van der Waals surface area contributed by atoms with Gasteiger partial charge in [0.1, 0.15) is 0 Å². The minimum absolute atomic E-state index is 0.172. The van der Waals surface area contributed by atoms with E-state index in [-0.39, 0.29) is 18.4 Å². The van der Waals surface area contributed by atoms with Gasteiger partial charge >= 0.3 is 0 Å². The fraction of sp³-hybridized carbons (Fsp3) is 0.115. The molecule has 2 amide bonds. The fourth-order valence-electron chi connectivity index (χ4n) is 3.20. The molecule has 0 saturated carbocycles. The lowest BCUT2D eigenvalue weighted by Crippen LogP contribution is -2.20. The molecule has 0 spiro atoms. The maximum Gasteiger partial charge on any atom is 0.264 e. The van der Waals surface area contributed by atoms with Crippen molar-refractivity contribution in [3.05, 3.63) is 85.8 Å². The van der Waals surface area contributed by atoms with Crippen LogP contribution in [-0.2, 0) is 9.59 Å². The first kappa shape index (κ1) is 26.1. The molecule has 0 radical (unpaired) electrons. The minimum Gasteiger partial charge on any atom is -0.490 e. The van der Waals surface area contributed by atoms with E-state index in [2.05, 4.69) is 38.2 Å². The van der Waals surface area contributed by atoms with E-state index < -0.39 is 0 Å². The molecule has 1 aliphatic heterocycles. The molecule has 3 aromatic rings. The Hall–Kier alpha value is -3.02. The van der Waals surface area contributed by atoms with E-state index in [4.69, 9.17) is 21.1 Å². The molecule has 0 aromatic heterocycles. The highest BCUT2D eigenvalue weighted by Gasteiger charge is 2.24. The molecule has 0 atom stereocenters. The van der Waals surface area contributed by atoms with Gasteiger partial charge < -0.3 is 20.1 Å². The lowest BCUT2D eigenvalue weighted by Gasteiger charge is -2.15. The Balaban J connectivity index is 1.49. The molecule has 1 aliphatic rings. The summed E-state index contributed by atoms with van der Waals surface area (Å²) in [6.07, 6.45) is 1.76. The van der Waals surface area contributed by atoms with E-state index in [1.807, 2.05) is 31.2 Å². The summed E-state index contributed by atoms with van der Waals surface area (Å²) in [5.74, 6) is 0.439. The predicted octanol–water partition coefficient (Wildman–Crippen LogP) is 6.25. The van der Waals surface area contributed by atoms with Gasteiger partial charge in [-0.1, -0.05) is 29.8 Å². The standard InChI is InChI=1S/C26H21ClIN3O4S/c1-2-34-21-13-16(12-20(28)24(21)35-15-23(32)29-18-6-4-3-5-7-18)14-22-25(33)31-26(36-22)30-19-10-8-17(27)9-11-19/h3-14H,2,15H2,1H3,(H,29,32)(H,30,31,33)/b22-14-. The van der Waals surface area contributed by atoms with Crippen molar-refractivity contribution in [2.24, 2.45) is 4.99 Å². The number of ether oxygens (including phenoxy) is 2. The van der Waals surface area contributed by atoms with Gasteiger partial charge in [-0.05, 0) is 101 Å². The molecule has 10 heteroatoms. The van der Waals surface area contributed by atoms with Crippen LogP contribution in [0.4, 0.5) is 11.4 Å². The molecule has 7 nitrogen and oxygen atoms in total. The molecule has 1 saturated heterocycles. The Morgan fingerprint density at radius 3 is 2.61 bits per heavy atom. The zero-order valence-electron chi connectivity index (χ0n) is 19.1. The lowest BCUT2D eigenvalue weighted by molar-refractivity contribution is -0.118. The van der Waals surface area contributed by atoms with E-state index in [9.17, 15) is 9.59 Å². The first-order valence-electron chi connectivity index (χ1n) is 10.9. The van der Waals surface area contributed by atoms with Gasteiger partial charge in [0, 0.05) is 10.7 Å². The quantitative estimate of drug-likeness (QED) is 0.226. The number of benzene rings is 3. The third-order valence-electron chi connectivity index (χ3n) is 4.74. The summed E-state index contributed by atoms with van der Waals surface area (Å²) < 4.78 is 12.3. The maximum atomic E-state index is 12.5. The maximum absolute atomic E-state index is 12.5. The normalized spacial score (nSPS) is 15.1. The minimum atomic E-state index is -0.280. The molecular formula is C26H21ClIN3O4S. The van der Waals surface area contributed by atoms with E-state index in [1.54, 1.807) is 48.5 Å². The Morgan fingerprint density at radius 2 is 1.89 bits per heavy atom. The molecule has 2 N–H and O–H groups in total. The summed E-state index contributed by atoms with van der Waals surface area (Å²) in [5.41, 5.74) is 2.14. The number of thioether (sulfide) groups is 1. The van der Waals surface area contributed by atoms with Crippen LogP contribution < -0.4 is 20.1 Å². The van der Waals surface area contributed by atoms with Gasteiger partial charge in [0.15, 0.2) is 23.3 Å². The zero-order chi connectivity index (χ0) is 25.5. The molecule has 184 valence electrons. The van der Waals surface area contributed by atoms with Crippen molar-refractivity contribution in [3.63, 3.8) is 0 Å². The first-order valence-corrected chi connectivity index (χ1v) is 13.2. The van der Waals surface area contributed by atoms with E-state index >= 15 is 0 Å². The molecule has 1 heterocycles. The number of aliphatic imine (C=N–C) groups is 1. The second-order valence-corrected chi connectivity index (χ2v) is 10.1. The highest BCUT2D eigenvalue weighted by molar-refractivity contribution is 14.1. The number of para-hydroxylation sites is 1. The number of carbonyl (C=O) groups excluding carboxylic acids is 2. The Morgan fingerprint density at radius 1 is 1.14 bits per heavy atom. The molecule has 4 rings (SSSR count). The third kappa shape index (κ3) is 7.02. The number of halogens is 2. The molecule has 0 bridgehead atoms. The Kier molecular flexibility index (Phi) is 8.89. The van der Waals surface area contributed by atoms with Crippen molar-refractivity contribution in [2.75, 3.05) is 18.5 Å². The number of amides is 2. The highest BCUT2D eigenvalue weighted by atomic mass is 127.